The summed E-state index contributed by atoms with van der Waals surface area (Å²) in [6.45, 7) is 3.75. The molecule has 4 rings (SSSR count). The van der Waals surface area contributed by atoms with Crippen molar-refractivity contribution < 1.29 is 14.3 Å². The first-order valence-corrected chi connectivity index (χ1v) is 8.79. The molecule has 0 saturated heterocycles. The number of rotatable bonds is 1. The lowest BCUT2D eigenvalue weighted by Crippen LogP contribution is -2.34. The van der Waals surface area contributed by atoms with Crippen LogP contribution in [0.4, 0.5) is 0 Å². The van der Waals surface area contributed by atoms with E-state index in [-0.39, 0.29) is 11.5 Å². The van der Waals surface area contributed by atoms with E-state index in [2.05, 4.69) is 4.98 Å². The smallest absolute Gasteiger partial charge is 0.257 e. The Morgan fingerprint density at radius 1 is 1.15 bits per heavy atom. The Labute approximate surface area is 151 Å². The van der Waals surface area contributed by atoms with Crippen LogP contribution in [0.2, 0.25) is 0 Å². The van der Waals surface area contributed by atoms with Gasteiger partial charge in [-0.25, -0.2) is 4.98 Å². The SMILES string of the molecule is Cc1nc2c(c(=O)n1C)CCN(C(=O)c1cccc3c1OCCO3)CC2. The fourth-order valence-corrected chi connectivity index (χ4v) is 3.48. The molecule has 0 bridgehead atoms. The molecule has 0 atom stereocenters. The third-order valence-electron chi connectivity index (χ3n) is 5.03. The van der Waals surface area contributed by atoms with Crippen molar-refractivity contribution in [1.82, 2.24) is 14.5 Å². The fraction of sp³-hybridized carbons (Fsp3) is 0.421. The van der Waals surface area contributed by atoms with Gasteiger partial charge in [0.2, 0.25) is 0 Å². The van der Waals surface area contributed by atoms with E-state index in [1.54, 1.807) is 34.7 Å². The molecular formula is C19H21N3O4. The lowest BCUT2D eigenvalue weighted by Gasteiger charge is -2.24. The number of hydrogen-bond acceptors (Lipinski definition) is 5. The second-order valence-corrected chi connectivity index (χ2v) is 6.57. The molecular weight excluding hydrogens is 334 g/mol. The van der Waals surface area contributed by atoms with E-state index in [9.17, 15) is 9.59 Å². The maximum atomic E-state index is 13.1. The van der Waals surface area contributed by atoms with Crippen LogP contribution < -0.4 is 15.0 Å². The van der Waals surface area contributed by atoms with Crippen LogP contribution >= 0.6 is 0 Å². The highest BCUT2D eigenvalue weighted by Gasteiger charge is 2.27. The van der Waals surface area contributed by atoms with Crippen LogP contribution in [0.3, 0.4) is 0 Å². The topological polar surface area (TPSA) is 73.7 Å². The van der Waals surface area contributed by atoms with Gasteiger partial charge in [-0.05, 0) is 25.5 Å². The highest BCUT2D eigenvalue weighted by atomic mass is 16.6. The van der Waals surface area contributed by atoms with E-state index in [0.717, 1.165) is 5.69 Å². The van der Waals surface area contributed by atoms with Gasteiger partial charge in [-0.2, -0.15) is 0 Å². The monoisotopic (exact) mass is 355 g/mol. The molecule has 2 aliphatic rings. The van der Waals surface area contributed by atoms with Crippen molar-refractivity contribution in [2.24, 2.45) is 7.05 Å². The number of amides is 1. The molecule has 2 aromatic rings. The number of ether oxygens (including phenoxy) is 2. The quantitative estimate of drug-likeness (QED) is 0.766. The van der Waals surface area contributed by atoms with E-state index in [1.165, 1.54) is 0 Å². The standard InChI is InChI=1S/C19H21N3O4/c1-12-20-15-7-9-22(8-6-13(15)18(23)21(12)2)19(24)14-4-3-5-16-17(14)26-11-10-25-16/h3-5H,6-11H2,1-2H3. The number of aryl methyl sites for hydroxylation is 1. The average molecular weight is 355 g/mol. The number of benzene rings is 1. The molecule has 26 heavy (non-hydrogen) atoms. The third kappa shape index (κ3) is 2.73. The maximum absolute atomic E-state index is 13.1. The molecule has 3 heterocycles. The van der Waals surface area contributed by atoms with Crippen LogP contribution in [0.15, 0.2) is 23.0 Å². The van der Waals surface area contributed by atoms with Gasteiger partial charge in [0.05, 0.1) is 11.3 Å². The van der Waals surface area contributed by atoms with Gasteiger partial charge in [-0.15, -0.1) is 0 Å². The Kier molecular flexibility index (Phi) is 4.14. The Morgan fingerprint density at radius 3 is 2.77 bits per heavy atom. The first kappa shape index (κ1) is 16.6. The molecule has 7 nitrogen and oxygen atoms in total. The largest absolute Gasteiger partial charge is 0.486 e. The number of carbonyl (C=O) groups is 1. The van der Waals surface area contributed by atoms with Crippen LogP contribution in [0.25, 0.3) is 0 Å². The summed E-state index contributed by atoms with van der Waals surface area (Å²) in [7, 11) is 1.73. The predicted octanol–water partition coefficient (Wildman–Crippen LogP) is 1.10. The highest BCUT2D eigenvalue weighted by molar-refractivity contribution is 5.98. The first-order chi connectivity index (χ1) is 12.6. The summed E-state index contributed by atoms with van der Waals surface area (Å²) in [6.07, 6.45) is 1.08. The van der Waals surface area contributed by atoms with Gasteiger partial charge in [0.25, 0.3) is 11.5 Å². The molecule has 1 aromatic heterocycles. The van der Waals surface area contributed by atoms with Gasteiger partial charge >= 0.3 is 0 Å². The summed E-state index contributed by atoms with van der Waals surface area (Å²) < 4.78 is 12.8. The summed E-state index contributed by atoms with van der Waals surface area (Å²) in [6, 6.07) is 5.36. The Morgan fingerprint density at radius 2 is 1.92 bits per heavy atom. The van der Waals surface area contributed by atoms with Crippen molar-refractivity contribution in [2.45, 2.75) is 19.8 Å². The molecule has 0 aliphatic carbocycles. The minimum absolute atomic E-state index is 0.0179. The predicted molar refractivity (Wildman–Crippen MR) is 95.0 cm³/mol. The fourth-order valence-electron chi connectivity index (χ4n) is 3.48. The van der Waals surface area contributed by atoms with Crippen LogP contribution in [-0.4, -0.2) is 46.7 Å². The zero-order valence-corrected chi connectivity index (χ0v) is 14.9. The molecule has 0 saturated carbocycles. The molecule has 7 heteroatoms. The van der Waals surface area contributed by atoms with Gasteiger partial charge in [0, 0.05) is 32.1 Å². The number of nitrogens with zero attached hydrogens (tertiary/aromatic N) is 3. The number of hydrogen-bond donors (Lipinski definition) is 0. The zero-order chi connectivity index (χ0) is 18.3. The molecule has 1 aromatic carbocycles. The number of aromatic nitrogens is 2. The molecule has 136 valence electrons. The Hall–Kier alpha value is -2.83. The lowest BCUT2D eigenvalue weighted by atomic mass is 10.1. The summed E-state index contributed by atoms with van der Waals surface area (Å²) in [5, 5.41) is 0. The summed E-state index contributed by atoms with van der Waals surface area (Å²) in [4.78, 5) is 31.9. The molecule has 0 fully saturated rings. The van der Waals surface area contributed by atoms with Crippen LogP contribution in [-0.2, 0) is 19.9 Å². The zero-order valence-electron chi connectivity index (χ0n) is 14.9. The van der Waals surface area contributed by atoms with Crippen molar-refractivity contribution in [3.05, 3.63) is 51.2 Å². The van der Waals surface area contributed by atoms with Crippen LogP contribution in [0.1, 0.15) is 27.4 Å². The number of fused-ring (bicyclic) bond motifs is 2. The number of para-hydroxylation sites is 1. The molecule has 0 spiro atoms. The second kappa shape index (κ2) is 6.48. The average Bonchev–Trinajstić information content (AvgIpc) is 2.88. The van der Waals surface area contributed by atoms with Gasteiger partial charge in [-0.3, -0.25) is 14.2 Å². The second-order valence-electron chi connectivity index (χ2n) is 6.57. The minimum atomic E-state index is -0.103. The van der Waals surface area contributed by atoms with E-state index >= 15 is 0 Å². The third-order valence-corrected chi connectivity index (χ3v) is 5.03. The van der Waals surface area contributed by atoms with Crippen molar-refractivity contribution in [3.8, 4) is 11.5 Å². The van der Waals surface area contributed by atoms with E-state index in [1.807, 2.05) is 6.92 Å². The lowest BCUT2D eigenvalue weighted by molar-refractivity contribution is 0.0752. The highest BCUT2D eigenvalue weighted by Crippen LogP contribution is 2.34. The van der Waals surface area contributed by atoms with Gasteiger partial charge in [0.1, 0.15) is 19.0 Å². The van der Waals surface area contributed by atoms with E-state index in [4.69, 9.17) is 9.47 Å². The van der Waals surface area contributed by atoms with Crippen molar-refractivity contribution in [1.29, 1.82) is 0 Å². The Bertz CT molecular complexity index is 935. The molecule has 1 amide bonds. The summed E-state index contributed by atoms with van der Waals surface area (Å²) in [5.74, 6) is 1.70. The van der Waals surface area contributed by atoms with Gasteiger partial charge < -0.3 is 14.4 Å². The summed E-state index contributed by atoms with van der Waals surface area (Å²) in [5.41, 5.74) is 2.00. The van der Waals surface area contributed by atoms with E-state index in [0.29, 0.717) is 67.6 Å². The Balaban J connectivity index is 1.62. The molecule has 0 N–H and O–H groups in total. The van der Waals surface area contributed by atoms with Crippen molar-refractivity contribution >= 4 is 5.91 Å². The van der Waals surface area contributed by atoms with Crippen LogP contribution in [0.5, 0.6) is 11.5 Å². The normalized spacial score (nSPS) is 16.0. The van der Waals surface area contributed by atoms with Gasteiger partial charge in [0.15, 0.2) is 11.5 Å². The molecule has 2 aliphatic heterocycles. The van der Waals surface area contributed by atoms with E-state index < -0.39 is 0 Å². The first-order valence-electron chi connectivity index (χ1n) is 8.79. The summed E-state index contributed by atoms with van der Waals surface area (Å²) >= 11 is 0. The van der Waals surface area contributed by atoms with Crippen molar-refractivity contribution in [2.75, 3.05) is 26.3 Å². The van der Waals surface area contributed by atoms with Crippen LogP contribution in [0, 0.1) is 6.92 Å². The molecule has 0 unspecified atom stereocenters. The van der Waals surface area contributed by atoms with Crippen molar-refractivity contribution in [3.63, 3.8) is 0 Å². The molecule has 0 radical (unpaired) electrons. The number of carbonyl (C=O) groups excluding carboxylic acids is 1. The minimum Gasteiger partial charge on any atom is -0.486 e. The van der Waals surface area contributed by atoms with Gasteiger partial charge in [-0.1, -0.05) is 6.07 Å². The maximum Gasteiger partial charge on any atom is 0.257 e.